The van der Waals surface area contributed by atoms with Crippen molar-refractivity contribution in [1.29, 1.82) is 0 Å². The number of hydrogen-bond acceptors (Lipinski definition) is 4. The van der Waals surface area contributed by atoms with Crippen molar-refractivity contribution in [3.8, 4) is 11.5 Å². The SMILES string of the molecule is CCC(CNC(=O)c1cccc(OC)c1OC(F)F)(C(=O)O)c1ccccc1. The maximum absolute atomic E-state index is 12.7. The first kappa shape index (κ1) is 21.1. The minimum atomic E-state index is -3.15. The lowest BCUT2D eigenvalue weighted by atomic mass is 9.78. The van der Waals surface area contributed by atoms with Gasteiger partial charge in [-0.25, -0.2) is 0 Å². The number of carbonyl (C=O) groups excluding carboxylic acids is 1. The molecule has 0 saturated heterocycles. The highest BCUT2D eigenvalue weighted by Crippen LogP contribution is 2.33. The van der Waals surface area contributed by atoms with Crippen LogP contribution in [0.2, 0.25) is 0 Å². The maximum Gasteiger partial charge on any atom is 0.387 e. The van der Waals surface area contributed by atoms with Crippen LogP contribution in [0, 0.1) is 0 Å². The molecule has 0 aromatic heterocycles. The van der Waals surface area contributed by atoms with Gasteiger partial charge in [0, 0.05) is 6.54 Å². The third-order valence-electron chi connectivity index (χ3n) is 4.54. The molecule has 0 bridgehead atoms. The van der Waals surface area contributed by atoms with E-state index in [-0.39, 0.29) is 24.3 Å². The van der Waals surface area contributed by atoms with Gasteiger partial charge in [-0.3, -0.25) is 9.59 Å². The monoisotopic (exact) mass is 393 g/mol. The number of hydrogen-bond donors (Lipinski definition) is 2. The molecule has 28 heavy (non-hydrogen) atoms. The van der Waals surface area contributed by atoms with Crippen LogP contribution in [0.25, 0.3) is 0 Å². The van der Waals surface area contributed by atoms with Gasteiger partial charge in [-0.2, -0.15) is 8.78 Å². The fourth-order valence-corrected chi connectivity index (χ4v) is 2.93. The fourth-order valence-electron chi connectivity index (χ4n) is 2.93. The van der Waals surface area contributed by atoms with E-state index in [4.69, 9.17) is 4.74 Å². The number of carboxylic acids is 1. The summed E-state index contributed by atoms with van der Waals surface area (Å²) in [7, 11) is 1.26. The summed E-state index contributed by atoms with van der Waals surface area (Å²) in [6.45, 7) is -1.68. The normalized spacial score (nSPS) is 12.9. The Balaban J connectivity index is 2.33. The molecule has 1 unspecified atom stereocenters. The van der Waals surface area contributed by atoms with Gasteiger partial charge in [-0.1, -0.05) is 43.3 Å². The molecular formula is C20H21F2NO5. The number of aliphatic carboxylic acids is 1. The number of halogens is 2. The van der Waals surface area contributed by atoms with Gasteiger partial charge < -0.3 is 19.9 Å². The molecule has 0 fully saturated rings. The second kappa shape index (κ2) is 9.16. The summed E-state index contributed by atoms with van der Waals surface area (Å²) in [5.41, 5.74) is -1.01. The van der Waals surface area contributed by atoms with Crippen LogP contribution in [0.15, 0.2) is 48.5 Å². The van der Waals surface area contributed by atoms with Crippen molar-refractivity contribution in [2.24, 2.45) is 0 Å². The molecule has 2 aromatic rings. The van der Waals surface area contributed by atoms with Crippen molar-refractivity contribution in [3.05, 3.63) is 59.7 Å². The number of para-hydroxylation sites is 1. The van der Waals surface area contributed by atoms with Crippen LogP contribution >= 0.6 is 0 Å². The second-order valence-corrected chi connectivity index (χ2v) is 6.00. The summed E-state index contributed by atoms with van der Waals surface area (Å²) in [5.74, 6) is -2.29. The van der Waals surface area contributed by atoms with Crippen LogP contribution in [0.4, 0.5) is 8.78 Å². The lowest BCUT2D eigenvalue weighted by molar-refractivity contribution is -0.143. The predicted molar refractivity (Wildman–Crippen MR) is 98.0 cm³/mol. The van der Waals surface area contributed by atoms with E-state index in [1.165, 1.54) is 25.3 Å². The Kier molecular flexibility index (Phi) is 6.92. The second-order valence-electron chi connectivity index (χ2n) is 6.00. The van der Waals surface area contributed by atoms with Gasteiger partial charge in [-0.15, -0.1) is 0 Å². The van der Waals surface area contributed by atoms with Crippen LogP contribution in [0.5, 0.6) is 11.5 Å². The Morgan fingerprint density at radius 1 is 1.14 bits per heavy atom. The van der Waals surface area contributed by atoms with Crippen molar-refractivity contribution in [1.82, 2.24) is 5.32 Å². The summed E-state index contributed by atoms with van der Waals surface area (Å²) in [6.07, 6.45) is 0.213. The highest BCUT2D eigenvalue weighted by molar-refractivity contribution is 5.98. The molecule has 0 saturated carbocycles. The van der Waals surface area contributed by atoms with Crippen LogP contribution < -0.4 is 14.8 Å². The van der Waals surface area contributed by atoms with E-state index < -0.39 is 29.7 Å². The van der Waals surface area contributed by atoms with E-state index in [2.05, 4.69) is 10.1 Å². The zero-order chi connectivity index (χ0) is 20.7. The number of carboxylic acid groups (broad SMARTS) is 1. The molecule has 0 spiro atoms. The molecular weight excluding hydrogens is 372 g/mol. The standard InChI is InChI=1S/C20H21F2NO5/c1-3-20(18(25)26,13-8-5-4-6-9-13)12-23-17(24)14-10-7-11-15(27-2)16(14)28-19(21)22/h4-11,19H,3,12H2,1-2H3,(H,23,24)(H,25,26). The van der Waals surface area contributed by atoms with Crippen molar-refractivity contribution in [3.63, 3.8) is 0 Å². The zero-order valence-corrected chi connectivity index (χ0v) is 15.4. The number of methoxy groups -OCH3 is 1. The van der Waals surface area contributed by atoms with Crippen LogP contribution in [-0.4, -0.2) is 37.2 Å². The van der Waals surface area contributed by atoms with E-state index in [9.17, 15) is 23.5 Å². The molecule has 0 aliphatic rings. The Bertz CT molecular complexity index is 829. The topological polar surface area (TPSA) is 84.9 Å². The van der Waals surface area contributed by atoms with Crippen molar-refractivity contribution < 1.29 is 33.0 Å². The first-order valence-electron chi connectivity index (χ1n) is 8.54. The first-order valence-corrected chi connectivity index (χ1v) is 8.54. The Morgan fingerprint density at radius 2 is 1.82 bits per heavy atom. The van der Waals surface area contributed by atoms with Crippen LogP contribution in [0.1, 0.15) is 29.3 Å². The number of rotatable bonds is 9. The molecule has 1 atom stereocenters. The van der Waals surface area contributed by atoms with E-state index in [1.807, 2.05) is 0 Å². The third-order valence-corrected chi connectivity index (χ3v) is 4.54. The van der Waals surface area contributed by atoms with Gasteiger partial charge in [0.15, 0.2) is 11.5 Å². The average molecular weight is 393 g/mol. The number of ether oxygens (including phenoxy) is 2. The minimum Gasteiger partial charge on any atom is -0.493 e. The summed E-state index contributed by atoms with van der Waals surface area (Å²) < 4.78 is 34.9. The van der Waals surface area contributed by atoms with E-state index >= 15 is 0 Å². The predicted octanol–water partition coefficient (Wildman–Crippen LogP) is 3.46. The lowest BCUT2D eigenvalue weighted by Crippen LogP contribution is -2.46. The molecule has 0 aliphatic heterocycles. The van der Waals surface area contributed by atoms with Gasteiger partial charge >= 0.3 is 12.6 Å². The molecule has 2 rings (SSSR count). The number of alkyl halides is 2. The molecule has 6 nitrogen and oxygen atoms in total. The molecule has 1 amide bonds. The highest BCUT2D eigenvalue weighted by Gasteiger charge is 2.39. The Morgan fingerprint density at radius 3 is 2.36 bits per heavy atom. The van der Waals surface area contributed by atoms with Gasteiger partial charge in [-0.05, 0) is 24.1 Å². The fraction of sp³-hybridized carbons (Fsp3) is 0.300. The number of amides is 1. The van der Waals surface area contributed by atoms with Gasteiger partial charge in [0.2, 0.25) is 0 Å². The zero-order valence-electron chi connectivity index (χ0n) is 15.4. The molecule has 0 radical (unpaired) electrons. The van der Waals surface area contributed by atoms with Crippen molar-refractivity contribution in [2.45, 2.75) is 25.4 Å². The lowest BCUT2D eigenvalue weighted by Gasteiger charge is -2.29. The first-order chi connectivity index (χ1) is 13.4. The Hall–Kier alpha value is -3.16. The molecule has 8 heteroatoms. The number of nitrogens with one attached hydrogen (secondary N) is 1. The maximum atomic E-state index is 12.7. The highest BCUT2D eigenvalue weighted by atomic mass is 19.3. The number of benzene rings is 2. The van der Waals surface area contributed by atoms with Crippen molar-refractivity contribution in [2.75, 3.05) is 13.7 Å². The van der Waals surface area contributed by atoms with Crippen LogP contribution in [0.3, 0.4) is 0 Å². The molecule has 0 heterocycles. The van der Waals surface area contributed by atoms with Crippen molar-refractivity contribution >= 4 is 11.9 Å². The number of carbonyl (C=O) groups is 2. The molecule has 0 aliphatic carbocycles. The Labute approximate surface area is 161 Å². The van der Waals surface area contributed by atoms with Gasteiger partial charge in [0.25, 0.3) is 5.91 Å². The summed E-state index contributed by atoms with van der Waals surface area (Å²) >= 11 is 0. The quantitative estimate of drug-likeness (QED) is 0.682. The largest absolute Gasteiger partial charge is 0.493 e. The van der Waals surface area contributed by atoms with E-state index in [0.29, 0.717) is 5.56 Å². The molecule has 2 aromatic carbocycles. The molecule has 2 N–H and O–H groups in total. The smallest absolute Gasteiger partial charge is 0.387 e. The van der Waals surface area contributed by atoms with Gasteiger partial charge in [0.1, 0.15) is 5.41 Å². The third kappa shape index (κ3) is 4.39. The summed E-state index contributed by atoms with van der Waals surface area (Å²) in [4.78, 5) is 24.7. The van der Waals surface area contributed by atoms with E-state index in [0.717, 1.165) is 0 Å². The van der Waals surface area contributed by atoms with Gasteiger partial charge in [0.05, 0.1) is 12.7 Å². The summed E-state index contributed by atoms with van der Waals surface area (Å²) in [5, 5.41) is 12.4. The molecule has 150 valence electrons. The van der Waals surface area contributed by atoms with Crippen LogP contribution in [-0.2, 0) is 10.2 Å². The average Bonchev–Trinajstić information content (AvgIpc) is 2.69. The van der Waals surface area contributed by atoms with E-state index in [1.54, 1.807) is 37.3 Å². The summed E-state index contributed by atoms with van der Waals surface area (Å²) in [6, 6.07) is 12.6. The minimum absolute atomic E-state index is 0.0315.